The first-order valence-corrected chi connectivity index (χ1v) is 4.90. The Morgan fingerprint density at radius 1 is 1.40 bits per heavy atom. The number of halogens is 1. The molecule has 15 heavy (non-hydrogen) atoms. The molecule has 78 valence electrons. The third kappa shape index (κ3) is 1.54. The molecule has 0 bridgehead atoms. The van der Waals surface area contributed by atoms with Gasteiger partial charge in [-0.3, -0.25) is 4.79 Å². The molecule has 0 aliphatic heterocycles. The van der Waals surface area contributed by atoms with Gasteiger partial charge in [0.05, 0.1) is 12.2 Å². The van der Waals surface area contributed by atoms with Crippen molar-refractivity contribution in [1.29, 1.82) is 0 Å². The van der Waals surface area contributed by atoms with Crippen LogP contribution in [0, 0.1) is 0 Å². The maximum atomic E-state index is 11.7. The van der Waals surface area contributed by atoms with Gasteiger partial charge < -0.3 is 10.8 Å². The van der Waals surface area contributed by atoms with Gasteiger partial charge in [0.15, 0.2) is 5.78 Å². The van der Waals surface area contributed by atoms with Crippen LogP contribution in [0.15, 0.2) is 36.1 Å². The number of ketones is 1. The number of nitrogens with two attached hydrogens (primary N) is 1. The molecule has 1 atom stereocenters. The standard InChI is InChI=1S/C11H10ClNO2/c12-9-4-2-1-3-8(9)11(13)6-7(14)5-10(11)15/h1-4,6,14H,5,13H2/t11-/m1/s1. The fourth-order valence-corrected chi connectivity index (χ4v) is 2.02. The van der Waals surface area contributed by atoms with Crippen molar-refractivity contribution in [2.24, 2.45) is 5.73 Å². The first-order valence-electron chi connectivity index (χ1n) is 4.52. The predicted octanol–water partition coefficient (Wildman–Crippen LogP) is 1.91. The number of allylic oxidation sites excluding steroid dienone is 1. The van der Waals surface area contributed by atoms with Crippen LogP contribution >= 0.6 is 11.6 Å². The maximum absolute atomic E-state index is 11.7. The molecular formula is C11H10ClNO2. The van der Waals surface area contributed by atoms with E-state index in [9.17, 15) is 9.90 Å². The first kappa shape index (κ1) is 10.2. The van der Waals surface area contributed by atoms with Crippen LogP contribution in [0.4, 0.5) is 0 Å². The summed E-state index contributed by atoms with van der Waals surface area (Å²) < 4.78 is 0. The number of benzene rings is 1. The molecule has 4 heteroatoms. The summed E-state index contributed by atoms with van der Waals surface area (Å²) in [7, 11) is 0. The second-order valence-corrected chi connectivity index (χ2v) is 3.99. The van der Waals surface area contributed by atoms with Gasteiger partial charge in [0.25, 0.3) is 0 Å². The minimum atomic E-state index is -1.28. The molecule has 1 aromatic rings. The Hall–Kier alpha value is -1.32. The third-order valence-electron chi connectivity index (χ3n) is 2.52. The summed E-state index contributed by atoms with van der Waals surface area (Å²) in [5.41, 5.74) is 5.20. The number of Topliss-reactive ketones (excluding diaryl/α,β-unsaturated/α-hetero) is 1. The van der Waals surface area contributed by atoms with Crippen LogP contribution in [0.2, 0.25) is 5.02 Å². The Kier molecular flexibility index (Phi) is 2.29. The zero-order valence-electron chi connectivity index (χ0n) is 7.90. The van der Waals surface area contributed by atoms with Crippen molar-refractivity contribution < 1.29 is 9.90 Å². The quantitative estimate of drug-likeness (QED) is 0.765. The van der Waals surface area contributed by atoms with E-state index in [1.165, 1.54) is 6.08 Å². The lowest BCUT2D eigenvalue weighted by atomic mass is 9.89. The molecule has 1 aromatic carbocycles. The van der Waals surface area contributed by atoms with Gasteiger partial charge in [-0.25, -0.2) is 0 Å². The van der Waals surface area contributed by atoms with Crippen molar-refractivity contribution in [3.8, 4) is 0 Å². The van der Waals surface area contributed by atoms with Crippen LogP contribution in [0.5, 0.6) is 0 Å². The average molecular weight is 224 g/mol. The summed E-state index contributed by atoms with van der Waals surface area (Å²) in [6.45, 7) is 0. The summed E-state index contributed by atoms with van der Waals surface area (Å²) in [4.78, 5) is 11.7. The molecule has 0 amide bonds. The summed E-state index contributed by atoms with van der Waals surface area (Å²) in [5, 5.41) is 9.73. The van der Waals surface area contributed by atoms with E-state index in [0.29, 0.717) is 10.6 Å². The summed E-state index contributed by atoms with van der Waals surface area (Å²) in [6, 6.07) is 6.88. The van der Waals surface area contributed by atoms with Crippen molar-refractivity contribution >= 4 is 17.4 Å². The fraction of sp³-hybridized carbons (Fsp3) is 0.182. The molecule has 0 radical (unpaired) electrons. The van der Waals surface area contributed by atoms with Gasteiger partial charge in [-0.2, -0.15) is 0 Å². The molecule has 0 heterocycles. The van der Waals surface area contributed by atoms with Crippen molar-refractivity contribution in [1.82, 2.24) is 0 Å². The van der Waals surface area contributed by atoms with Crippen molar-refractivity contribution in [3.63, 3.8) is 0 Å². The van der Waals surface area contributed by atoms with Crippen LogP contribution in [0.25, 0.3) is 0 Å². The lowest BCUT2D eigenvalue weighted by Gasteiger charge is -2.21. The first-order chi connectivity index (χ1) is 7.04. The van der Waals surface area contributed by atoms with E-state index < -0.39 is 5.54 Å². The third-order valence-corrected chi connectivity index (χ3v) is 2.85. The Morgan fingerprint density at radius 3 is 2.60 bits per heavy atom. The molecule has 2 rings (SSSR count). The SMILES string of the molecule is N[C@@]1(c2ccccc2Cl)C=C(O)CC1=O. The average Bonchev–Trinajstić information content (AvgIpc) is 2.42. The van der Waals surface area contributed by atoms with E-state index in [0.717, 1.165) is 0 Å². The highest BCUT2D eigenvalue weighted by atomic mass is 35.5. The molecule has 3 nitrogen and oxygen atoms in total. The minimum absolute atomic E-state index is 0.00224. The molecule has 0 unspecified atom stereocenters. The van der Waals surface area contributed by atoms with Gasteiger partial charge in [-0.05, 0) is 12.1 Å². The molecule has 0 aromatic heterocycles. The van der Waals surface area contributed by atoms with E-state index in [2.05, 4.69) is 0 Å². The van der Waals surface area contributed by atoms with Gasteiger partial charge in [0.1, 0.15) is 5.54 Å². The summed E-state index contributed by atoms with van der Waals surface area (Å²) in [6.07, 6.45) is 1.33. The van der Waals surface area contributed by atoms with Crippen LogP contribution < -0.4 is 5.73 Å². The van der Waals surface area contributed by atoms with Gasteiger partial charge in [-0.1, -0.05) is 29.8 Å². The van der Waals surface area contributed by atoms with Crippen molar-refractivity contribution in [3.05, 3.63) is 46.7 Å². The molecule has 0 spiro atoms. The number of rotatable bonds is 1. The maximum Gasteiger partial charge on any atom is 0.168 e. The molecule has 0 saturated carbocycles. The molecule has 0 fully saturated rings. The lowest BCUT2D eigenvalue weighted by molar-refractivity contribution is -0.121. The summed E-state index contributed by atoms with van der Waals surface area (Å²) >= 11 is 5.96. The van der Waals surface area contributed by atoms with E-state index in [-0.39, 0.29) is 18.0 Å². The van der Waals surface area contributed by atoms with E-state index in [4.69, 9.17) is 17.3 Å². The monoisotopic (exact) mass is 223 g/mol. The van der Waals surface area contributed by atoms with Crippen molar-refractivity contribution in [2.75, 3.05) is 0 Å². The highest BCUT2D eigenvalue weighted by molar-refractivity contribution is 6.31. The second-order valence-electron chi connectivity index (χ2n) is 3.58. The van der Waals surface area contributed by atoms with Gasteiger partial charge in [-0.15, -0.1) is 0 Å². The normalized spacial score (nSPS) is 25.5. The van der Waals surface area contributed by atoms with Crippen molar-refractivity contribution in [2.45, 2.75) is 12.0 Å². The van der Waals surface area contributed by atoms with Crippen LogP contribution in [-0.4, -0.2) is 10.9 Å². The number of carbonyl (C=O) groups is 1. The van der Waals surface area contributed by atoms with E-state index >= 15 is 0 Å². The second kappa shape index (κ2) is 3.36. The molecule has 0 saturated heterocycles. The van der Waals surface area contributed by atoms with E-state index in [1.807, 2.05) is 0 Å². The topological polar surface area (TPSA) is 63.3 Å². The highest BCUT2D eigenvalue weighted by Gasteiger charge is 2.40. The largest absolute Gasteiger partial charge is 0.512 e. The highest BCUT2D eigenvalue weighted by Crippen LogP contribution is 2.34. The number of aliphatic hydroxyl groups is 1. The molecule has 1 aliphatic carbocycles. The Balaban J connectivity index is 2.56. The Morgan fingerprint density at radius 2 is 2.07 bits per heavy atom. The van der Waals surface area contributed by atoms with Crippen LogP contribution in [0.1, 0.15) is 12.0 Å². The predicted molar refractivity (Wildman–Crippen MR) is 57.7 cm³/mol. The van der Waals surface area contributed by atoms with Crippen LogP contribution in [0.3, 0.4) is 0 Å². The number of carbonyl (C=O) groups excluding carboxylic acids is 1. The molecular weight excluding hydrogens is 214 g/mol. The molecule has 3 N–H and O–H groups in total. The van der Waals surface area contributed by atoms with Crippen LogP contribution in [-0.2, 0) is 10.3 Å². The Labute approximate surface area is 92.2 Å². The Bertz CT molecular complexity index is 456. The van der Waals surface area contributed by atoms with E-state index in [1.54, 1.807) is 24.3 Å². The van der Waals surface area contributed by atoms with Gasteiger partial charge in [0.2, 0.25) is 0 Å². The number of aliphatic hydroxyl groups excluding tert-OH is 1. The minimum Gasteiger partial charge on any atom is -0.512 e. The number of hydrogen-bond acceptors (Lipinski definition) is 3. The number of hydrogen-bond donors (Lipinski definition) is 2. The van der Waals surface area contributed by atoms with Gasteiger partial charge >= 0.3 is 0 Å². The lowest BCUT2D eigenvalue weighted by Crippen LogP contribution is -2.40. The fourth-order valence-electron chi connectivity index (χ4n) is 1.73. The zero-order chi connectivity index (χ0) is 11.1. The zero-order valence-corrected chi connectivity index (χ0v) is 8.66. The van der Waals surface area contributed by atoms with Gasteiger partial charge in [0, 0.05) is 10.6 Å². The molecule has 1 aliphatic rings. The summed E-state index contributed by atoms with van der Waals surface area (Å²) in [5.74, 6) is -0.240. The smallest absolute Gasteiger partial charge is 0.168 e.